The Morgan fingerprint density at radius 2 is 2.60 bits per heavy atom. The van der Waals surface area contributed by atoms with Crippen LogP contribution >= 0.6 is 11.3 Å². The van der Waals surface area contributed by atoms with Gasteiger partial charge in [0.1, 0.15) is 0 Å². The second kappa shape index (κ2) is 5.05. The quantitative estimate of drug-likeness (QED) is 0.851. The van der Waals surface area contributed by atoms with Crippen molar-refractivity contribution in [1.29, 1.82) is 0 Å². The number of hydrogen-bond acceptors (Lipinski definition) is 4. The third-order valence-electron chi connectivity index (χ3n) is 2.96. The molecule has 1 aliphatic rings. The molecule has 1 fully saturated rings. The Labute approximate surface area is 94.8 Å². The van der Waals surface area contributed by atoms with Gasteiger partial charge in [-0.2, -0.15) is 0 Å². The third-order valence-corrected chi connectivity index (χ3v) is 3.60. The van der Waals surface area contributed by atoms with Crippen molar-refractivity contribution in [3.05, 3.63) is 16.6 Å². The van der Waals surface area contributed by atoms with Gasteiger partial charge in [0, 0.05) is 18.0 Å². The molecule has 2 unspecified atom stereocenters. The fraction of sp³-hybridized carbons (Fsp3) is 0.727. The molecular weight excluding hydrogens is 208 g/mol. The molecule has 1 aromatic rings. The van der Waals surface area contributed by atoms with Gasteiger partial charge in [-0.1, -0.05) is 0 Å². The van der Waals surface area contributed by atoms with Crippen LogP contribution in [0.25, 0.3) is 0 Å². The molecule has 0 bridgehead atoms. The summed E-state index contributed by atoms with van der Waals surface area (Å²) in [6.07, 6.45) is 3.17. The van der Waals surface area contributed by atoms with Crippen LogP contribution in [-0.4, -0.2) is 33.7 Å². The number of thiazole rings is 1. The Morgan fingerprint density at radius 3 is 3.27 bits per heavy atom. The van der Waals surface area contributed by atoms with E-state index in [-0.39, 0.29) is 6.10 Å². The minimum absolute atomic E-state index is 0.189. The molecule has 0 amide bonds. The van der Waals surface area contributed by atoms with Crippen LogP contribution in [-0.2, 0) is 6.54 Å². The lowest BCUT2D eigenvalue weighted by Gasteiger charge is -2.24. The van der Waals surface area contributed by atoms with Crippen LogP contribution in [0.4, 0.5) is 0 Å². The fourth-order valence-corrected chi connectivity index (χ4v) is 2.84. The molecule has 0 aliphatic carbocycles. The van der Waals surface area contributed by atoms with E-state index in [9.17, 15) is 5.11 Å². The maximum atomic E-state index is 9.42. The van der Waals surface area contributed by atoms with Gasteiger partial charge in [-0.05, 0) is 32.7 Å². The summed E-state index contributed by atoms with van der Waals surface area (Å²) in [5.41, 5.74) is 3.05. The lowest BCUT2D eigenvalue weighted by Crippen LogP contribution is -2.31. The van der Waals surface area contributed by atoms with Crippen molar-refractivity contribution in [3.63, 3.8) is 0 Å². The molecule has 0 aromatic carbocycles. The Balaban J connectivity index is 1.90. The number of rotatable bonds is 4. The van der Waals surface area contributed by atoms with Crippen molar-refractivity contribution in [2.75, 3.05) is 6.54 Å². The van der Waals surface area contributed by atoms with Crippen LogP contribution in [0.15, 0.2) is 10.9 Å². The summed E-state index contributed by atoms with van der Waals surface area (Å²) in [7, 11) is 0. The van der Waals surface area contributed by atoms with E-state index in [1.165, 1.54) is 12.8 Å². The zero-order chi connectivity index (χ0) is 10.7. The van der Waals surface area contributed by atoms with Crippen molar-refractivity contribution in [2.24, 2.45) is 0 Å². The van der Waals surface area contributed by atoms with Crippen molar-refractivity contribution in [2.45, 2.75) is 44.9 Å². The number of aliphatic hydroxyl groups excluding tert-OH is 1. The smallest absolute Gasteiger partial charge is 0.0795 e. The molecule has 2 heterocycles. The first-order valence-electron chi connectivity index (χ1n) is 5.55. The number of hydrogen-bond donors (Lipinski definition) is 1. The summed E-state index contributed by atoms with van der Waals surface area (Å²) in [6.45, 7) is 3.97. The van der Waals surface area contributed by atoms with Gasteiger partial charge in [-0.3, -0.25) is 4.90 Å². The highest BCUT2D eigenvalue weighted by atomic mass is 32.1. The number of aliphatic hydroxyl groups is 1. The molecular formula is C11H18N2OS. The number of aromatic nitrogens is 1. The molecule has 1 aliphatic heterocycles. The highest BCUT2D eigenvalue weighted by Crippen LogP contribution is 2.23. The number of nitrogens with zero attached hydrogens (tertiary/aromatic N) is 2. The summed E-state index contributed by atoms with van der Waals surface area (Å²) in [5, 5.41) is 11.5. The second-order valence-electron chi connectivity index (χ2n) is 4.33. The molecule has 3 nitrogen and oxygen atoms in total. The van der Waals surface area contributed by atoms with E-state index in [0.717, 1.165) is 25.2 Å². The third kappa shape index (κ3) is 3.00. The maximum Gasteiger partial charge on any atom is 0.0795 e. The fourth-order valence-electron chi connectivity index (χ4n) is 2.29. The molecule has 2 rings (SSSR count). The van der Waals surface area contributed by atoms with Gasteiger partial charge < -0.3 is 5.11 Å². The van der Waals surface area contributed by atoms with Gasteiger partial charge in [0.2, 0.25) is 0 Å². The first kappa shape index (κ1) is 11.0. The van der Waals surface area contributed by atoms with E-state index in [1.54, 1.807) is 11.3 Å². The summed E-state index contributed by atoms with van der Waals surface area (Å²) in [6, 6.07) is 0.548. The zero-order valence-electron chi connectivity index (χ0n) is 9.09. The predicted molar refractivity (Wildman–Crippen MR) is 61.8 cm³/mol. The van der Waals surface area contributed by atoms with Crippen LogP contribution in [0.5, 0.6) is 0 Å². The minimum Gasteiger partial charge on any atom is -0.393 e. The van der Waals surface area contributed by atoms with Crippen molar-refractivity contribution in [3.8, 4) is 0 Å². The molecule has 84 valence electrons. The van der Waals surface area contributed by atoms with Crippen LogP contribution in [0.1, 0.15) is 31.9 Å². The molecule has 2 atom stereocenters. The average molecular weight is 226 g/mol. The van der Waals surface area contributed by atoms with Gasteiger partial charge in [0.15, 0.2) is 0 Å². The molecule has 1 aromatic heterocycles. The highest BCUT2D eigenvalue weighted by Gasteiger charge is 2.25. The van der Waals surface area contributed by atoms with E-state index < -0.39 is 0 Å². The minimum atomic E-state index is -0.189. The Bertz CT molecular complexity index is 287. The van der Waals surface area contributed by atoms with Crippen molar-refractivity contribution >= 4 is 11.3 Å². The average Bonchev–Trinajstić information content (AvgIpc) is 2.78. The SMILES string of the molecule is CC(O)CC1CCCN1Cc1cscn1. The highest BCUT2D eigenvalue weighted by molar-refractivity contribution is 7.07. The molecule has 0 spiro atoms. The molecule has 15 heavy (non-hydrogen) atoms. The van der Waals surface area contributed by atoms with Crippen LogP contribution < -0.4 is 0 Å². The van der Waals surface area contributed by atoms with Crippen molar-refractivity contribution < 1.29 is 5.11 Å². The van der Waals surface area contributed by atoms with Crippen LogP contribution in [0.3, 0.4) is 0 Å². The molecule has 4 heteroatoms. The van der Waals surface area contributed by atoms with E-state index >= 15 is 0 Å². The molecule has 0 radical (unpaired) electrons. The van der Waals surface area contributed by atoms with Crippen LogP contribution in [0.2, 0.25) is 0 Å². The topological polar surface area (TPSA) is 36.4 Å². The summed E-state index contributed by atoms with van der Waals surface area (Å²) in [4.78, 5) is 6.75. The molecule has 0 saturated carbocycles. The van der Waals surface area contributed by atoms with E-state index in [2.05, 4.69) is 15.3 Å². The Kier molecular flexibility index (Phi) is 3.72. The van der Waals surface area contributed by atoms with Gasteiger partial charge in [0.25, 0.3) is 0 Å². The van der Waals surface area contributed by atoms with Gasteiger partial charge in [-0.25, -0.2) is 4.98 Å². The zero-order valence-corrected chi connectivity index (χ0v) is 9.91. The van der Waals surface area contributed by atoms with Gasteiger partial charge >= 0.3 is 0 Å². The Morgan fingerprint density at radius 1 is 1.73 bits per heavy atom. The first-order valence-corrected chi connectivity index (χ1v) is 6.49. The van der Waals surface area contributed by atoms with Gasteiger partial charge in [-0.15, -0.1) is 11.3 Å². The predicted octanol–water partition coefficient (Wildman–Crippen LogP) is 1.88. The first-order chi connectivity index (χ1) is 7.25. The summed E-state index contributed by atoms with van der Waals surface area (Å²) in [5.74, 6) is 0. The van der Waals surface area contributed by atoms with E-state index in [4.69, 9.17) is 0 Å². The van der Waals surface area contributed by atoms with Gasteiger partial charge in [0.05, 0.1) is 17.3 Å². The monoisotopic (exact) mass is 226 g/mol. The molecule has 1 saturated heterocycles. The maximum absolute atomic E-state index is 9.42. The lowest BCUT2D eigenvalue weighted by atomic mass is 10.1. The largest absolute Gasteiger partial charge is 0.393 e. The standard InChI is InChI=1S/C11H18N2OS/c1-9(14)5-11-3-2-4-13(11)6-10-7-15-8-12-10/h7-9,11,14H,2-6H2,1H3. The summed E-state index contributed by atoms with van der Waals surface area (Å²) >= 11 is 1.65. The Hall–Kier alpha value is -0.450. The summed E-state index contributed by atoms with van der Waals surface area (Å²) < 4.78 is 0. The molecule has 1 N–H and O–H groups in total. The number of likely N-dealkylation sites (tertiary alicyclic amines) is 1. The van der Waals surface area contributed by atoms with E-state index in [1.807, 2.05) is 12.4 Å². The van der Waals surface area contributed by atoms with E-state index in [0.29, 0.717) is 6.04 Å². The van der Waals surface area contributed by atoms with Crippen LogP contribution in [0, 0.1) is 0 Å². The second-order valence-corrected chi connectivity index (χ2v) is 5.05. The normalized spacial score (nSPS) is 24.5. The lowest BCUT2D eigenvalue weighted by molar-refractivity contribution is 0.130. The van der Waals surface area contributed by atoms with Crippen molar-refractivity contribution in [1.82, 2.24) is 9.88 Å².